The largest absolute Gasteiger partial charge is 0.482 e. The maximum atomic E-state index is 12.2. The number of halogens is 3. The molecule has 0 aliphatic carbocycles. The summed E-state index contributed by atoms with van der Waals surface area (Å²) in [7, 11) is 0. The van der Waals surface area contributed by atoms with Crippen LogP contribution in [0.3, 0.4) is 0 Å². The summed E-state index contributed by atoms with van der Waals surface area (Å²) in [6.45, 7) is 3.22. The van der Waals surface area contributed by atoms with Crippen molar-refractivity contribution in [2.45, 2.75) is 32.9 Å². The monoisotopic (exact) mass is 300 g/mol. The summed E-state index contributed by atoms with van der Waals surface area (Å²) in [6.07, 6.45) is -3.21. The maximum absolute atomic E-state index is 12.2. The fraction of sp³-hybridized carbons (Fsp3) is 0.533. The zero-order valence-electron chi connectivity index (χ0n) is 12.1. The molecule has 1 N–H and O–H groups in total. The van der Waals surface area contributed by atoms with Crippen LogP contribution in [0.5, 0.6) is 5.75 Å². The summed E-state index contributed by atoms with van der Waals surface area (Å²) < 4.78 is 41.4. The summed E-state index contributed by atoms with van der Waals surface area (Å²) in [4.78, 5) is 0. The van der Waals surface area contributed by atoms with Crippen LogP contribution in [0, 0.1) is 16.7 Å². The zero-order chi connectivity index (χ0) is 15.9. The average molecular weight is 300 g/mol. The molecule has 0 fully saturated rings. The molecule has 0 heterocycles. The van der Waals surface area contributed by atoms with Gasteiger partial charge in [0.1, 0.15) is 5.75 Å². The fourth-order valence-corrected chi connectivity index (χ4v) is 1.72. The van der Waals surface area contributed by atoms with E-state index in [1.54, 1.807) is 18.2 Å². The van der Waals surface area contributed by atoms with Crippen molar-refractivity contribution in [2.24, 2.45) is 5.41 Å². The molecule has 1 rings (SSSR count). The Hall–Kier alpha value is -1.90. The van der Waals surface area contributed by atoms with E-state index in [-0.39, 0.29) is 11.2 Å². The van der Waals surface area contributed by atoms with E-state index in [1.807, 2.05) is 13.8 Å². The number of ether oxygens (including phenoxy) is 1. The molecule has 0 saturated heterocycles. The first-order valence-electron chi connectivity index (χ1n) is 6.63. The van der Waals surface area contributed by atoms with Gasteiger partial charge < -0.3 is 10.1 Å². The van der Waals surface area contributed by atoms with Gasteiger partial charge in [-0.05, 0) is 24.0 Å². The molecule has 0 radical (unpaired) electrons. The van der Waals surface area contributed by atoms with Crippen LogP contribution < -0.4 is 10.1 Å². The number of hydrogen-bond acceptors (Lipinski definition) is 3. The lowest BCUT2D eigenvalue weighted by atomic mass is 9.88. The minimum absolute atomic E-state index is 0.132. The Labute approximate surface area is 122 Å². The lowest BCUT2D eigenvalue weighted by Crippen LogP contribution is -2.24. The van der Waals surface area contributed by atoms with Gasteiger partial charge >= 0.3 is 6.18 Å². The van der Waals surface area contributed by atoms with E-state index >= 15 is 0 Å². The van der Waals surface area contributed by atoms with Crippen molar-refractivity contribution in [2.75, 3.05) is 18.5 Å². The standard InChI is InChI=1S/C15H19F3N2O/c1-14(2,8-5-9-19)10-20-12-6-3-4-7-13(12)21-11-15(16,17)18/h3-4,6-7,20H,5,8,10-11H2,1-2H3. The molecular formula is C15H19F3N2O. The van der Waals surface area contributed by atoms with Gasteiger partial charge in [-0.15, -0.1) is 0 Å². The third-order valence-corrected chi connectivity index (χ3v) is 2.95. The molecule has 0 saturated carbocycles. The van der Waals surface area contributed by atoms with E-state index < -0.39 is 12.8 Å². The minimum Gasteiger partial charge on any atom is -0.482 e. The number of nitrogens with one attached hydrogen (secondary N) is 1. The zero-order valence-corrected chi connectivity index (χ0v) is 12.1. The van der Waals surface area contributed by atoms with Crippen molar-refractivity contribution in [1.29, 1.82) is 5.26 Å². The Morgan fingerprint density at radius 1 is 1.24 bits per heavy atom. The van der Waals surface area contributed by atoms with E-state index in [4.69, 9.17) is 10.00 Å². The van der Waals surface area contributed by atoms with Gasteiger partial charge in [0.05, 0.1) is 11.8 Å². The molecule has 0 atom stereocenters. The molecule has 1 aromatic rings. The van der Waals surface area contributed by atoms with Gasteiger partial charge in [0.15, 0.2) is 6.61 Å². The topological polar surface area (TPSA) is 45.0 Å². The Kier molecular flexibility index (Phi) is 5.89. The van der Waals surface area contributed by atoms with Crippen molar-refractivity contribution in [1.82, 2.24) is 0 Å². The van der Waals surface area contributed by atoms with Crippen LogP contribution in [0.25, 0.3) is 0 Å². The Morgan fingerprint density at radius 3 is 2.52 bits per heavy atom. The quantitative estimate of drug-likeness (QED) is 0.813. The van der Waals surface area contributed by atoms with Gasteiger partial charge in [-0.1, -0.05) is 26.0 Å². The van der Waals surface area contributed by atoms with E-state index in [2.05, 4.69) is 11.4 Å². The van der Waals surface area contributed by atoms with Gasteiger partial charge in [0.2, 0.25) is 0 Å². The molecule has 6 heteroatoms. The molecule has 0 unspecified atom stereocenters. The molecule has 0 aliphatic rings. The van der Waals surface area contributed by atoms with Crippen molar-refractivity contribution < 1.29 is 17.9 Å². The summed E-state index contributed by atoms with van der Waals surface area (Å²) in [5, 5.41) is 11.7. The van der Waals surface area contributed by atoms with Gasteiger partial charge in [-0.2, -0.15) is 18.4 Å². The van der Waals surface area contributed by atoms with Gasteiger partial charge in [-0.25, -0.2) is 0 Å². The van der Waals surface area contributed by atoms with Gasteiger partial charge in [0.25, 0.3) is 0 Å². The number of anilines is 1. The Balaban J connectivity index is 2.65. The molecule has 0 aliphatic heterocycles. The highest BCUT2D eigenvalue weighted by Gasteiger charge is 2.29. The predicted octanol–water partition coefficient (Wildman–Crippen LogP) is 4.37. The number of nitriles is 1. The van der Waals surface area contributed by atoms with Gasteiger partial charge in [-0.3, -0.25) is 0 Å². The second-order valence-electron chi connectivity index (χ2n) is 5.58. The summed E-state index contributed by atoms with van der Waals surface area (Å²) in [6, 6.07) is 8.61. The SMILES string of the molecule is CC(C)(CCC#N)CNc1ccccc1OCC(F)(F)F. The van der Waals surface area contributed by atoms with Crippen LogP contribution in [0.1, 0.15) is 26.7 Å². The minimum atomic E-state index is -4.36. The first-order valence-corrected chi connectivity index (χ1v) is 6.63. The lowest BCUT2D eigenvalue weighted by Gasteiger charge is -2.25. The van der Waals surface area contributed by atoms with E-state index in [0.29, 0.717) is 25.1 Å². The molecule has 0 amide bonds. The number of alkyl halides is 3. The normalized spacial score (nSPS) is 11.8. The van der Waals surface area contributed by atoms with Gasteiger partial charge in [0, 0.05) is 13.0 Å². The molecule has 0 bridgehead atoms. The number of para-hydroxylation sites is 2. The highest BCUT2D eigenvalue weighted by Crippen LogP contribution is 2.29. The van der Waals surface area contributed by atoms with Crippen LogP contribution in [-0.4, -0.2) is 19.3 Å². The molecule has 1 aromatic carbocycles. The second-order valence-corrected chi connectivity index (χ2v) is 5.58. The van der Waals surface area contributed by atoms with Crippen LogP contribution in [0.4, 0.5) is 18.9 Å². The smallest absolute Gasteiger partial charge is 0.422 e. The van der Waals surface area contributed by atoms with Crippen LogP contribution in [0.2, 0.25) is 0 Å². The van der Waals surface area contributed by atoms with Crippen LogP contribution in [-0.2, 0) is 0 Å². The number of rotatable bonds is 7. The third kappa shape index (κ3) is 6.89. The molecule has 21 heavy (non-hydrogen) atoms. The summed E-state index contributed by atoms with van der Waals surface area (Å²) >= 11 is 0. The lowest BCUT2D eigenvalue weighted by molar-refractivity contribution is -0.153. The Bertz CT molecular complexity index is 492. The molecule has 0 aromatic heterocycles. The van der Waals surface area contributed by atoms with Crippen molar-refractivity contribution in [3.63, 3.8) is 0 Å². The predicted molar refractivity (Wildman–Crippen MR) is 75.1 cm³/mol. The fourth-order valence-electron chi connectivity index (χ4n) is 1.72. The van der Waals surface area contributed by atoms with Crippen molar-refractivity contribution >= 4 is 5.69 Å². The van der Waals surface area contributed by atoms with Crippen LogP contribution >= 0.6 is 0 Å². The Morgan fingerprint density at radius 2 is 1.90 bits per heavy atom. The summed E-state index contributed by atoms with van der Waals surface area (Å²) in [5.74, 6) is 0.172. The molecule has 116 valence electrons. The maximum Gasteiger partial charge on any atom is 0.422 e. The van der Waals surface area contributed by atoms with E-state index in [9.17, 15) is 13.2 Å². The third-order valence-electron chi connectivity index (χ3n) is 2.95. The molecule has 3 nitrogen and oxygen atoms in total. The average Bonchev–Trinajstić information content (AvgIpc) is 2.41. The highest BCUT2D eigenvalue weighted by atomic mass is 19.4. The van der Waals surface area contributed by atoms with Crippen LogP contribution in [0.15, 0.2) is 24.3 Å². The van der Waals surface area contributed by atoms with E-state index in [0.717, 1.165) is 0 Å². The van der Waals surface area contributed by atoms with Crippen molar-refractivity contribution in [3.05, 3.63) is 24.3 Å². The molecule has 0 spiro atoms. The van der Waals surface area contributed by atoms with Crippen molar-refractivity contribution in [3.8, 4) is 11.8 Å². The number of benzene rings is 1. The summed E-state index contributed by atoms with van der Waals surface area (Å²) in [5.41, 5.74) is 0.388. The second kappa shape index (κ2) is 7.21. The first-order chi connectivity index (χ1) is 9.73. The molecular weight excluding hydrogens is 281 g/mol. The number of nitrogens with zero attached hydrogens (tertiary/aromatic N) is 1. The number of hydrogen-bond donors (Lipinski definition) is 1. The first kappa shape index (κ1) is 17.2. The van der Waals surface area contributed by atoms with E-state index in [1.165, 1.54) is 6.07 Å². The highest BCUT2D eigenvalue weighted by molar-refractivity contribution is 5.56.